The van der Waals surface area contributed by atoms with E-state index in [4.69, 9.17) is 18.9 Å². The van der Waals surface area contributed by atoms with E-state index >= 15 is 0 Å². The van der Waals surface area contributed by atoms with E-state index in [0.29, 0.717) is 45.7 Å². The van der Waals surface area contributed by atoms with Crippen molar-refractivity contribution in [3.63, 3.8) is 0 Å². The van der Waals surface area contributed by atoms with Crippen molar-refractivity contribution in [3.8, 4) is 46.0 Å². The Bertz CT molecular complexity index is 4400. The van der Waals surface area contributed by atoms with Gasteiger partial charge in [-0.05, 0) is 190 Å². The number of hydrogen-bond donors (Lipinski definition) is 0. The highest BCUT2D eigenvalue weighted by Gasteiger charge is 2.34. The second kappa shape index (κ2) is 28.6. The Kier molecular flexibility index (Phi) is 20.1. The number of imide groups is 4. The summed E-state index contributed by atoms with van der Waals surface area (Å²) >= 11 is 0. The quantitative estimate of drug-likeness (QED) is 0.0658. The van der Waals surface area contributed by atoms with Crippen LogP contribution in [0.1, 0.15) is 166 Å². The first-order chi connectivity index (χ1) is 48.3. The number of carbonyl (C=O) groups is 8. The minimum absolute atomic E-state index is 0.233. The van der Waals surface area contributed by atoms with Crippen molar-refractivity contribution in [2.75, 3.05) is 19.6 Å². The van der Waals surface area contributed by atoms with Crippen molar-refractivity contribution in [1.29, 1.82) is 0 Å². The number of ether oxygens (including phenoxy) is 4. The van der Waals surface area contributed by atoms with E-state index < -0.39 is 0 Å². The van der Waals surface area contributed by atoms with Crippen molar-refractivity contribution >= 4 is 70.0 Å². The molecule has 520 valence electrons. The van der Waals surface area contributed by atoms with Gasteiger partial charge < -0.3 is 18.9 Å². The van der Waals surface area contributed by atoms with Crippen LogP contribution in [-0.4, -0.2) is 47.3 Å². The number of hydrogen-bond acceptors (Lipinski definition) is 12. The summed E-state index contributed by atoms with van der Waals surface area (Å²) in [6.07, 6.45) is 12.0. The molecular weight excluding hydrogens is 1280 g/mol. The van der Waals surface area contributed by atoms with Crippen molar-refractivity contribution in [2.45, 2.75) is 143 Å². The average Bonchev–Trinajstić information content (AvgIpc) is 1.09. The zero-order valence-corrected chi connectivity index (χ0v) is 60.0. The SMILES string of the molecule is CC(C)(C)c1cc(C(C)(C)c2ccc(Oc3ccc(N4C(=O)C=CC4=O)cc3)c(C(C)(C)C)c2)ccc1Oc1ccc(N2C(=O)C=CC2=O)cc1.CCC(C)c1cc(C(C)(C)c2ccc(Oc3ccc(N4C(=O)C=CC4=O)cc3)c(C(C)CC)c2)ccc1Oc1ccc(N2C(=O)C=CC2=O)cc1. The first-order valence-corrected chi connectivity index (χ1v) is 34.3. The summed E-state index contributed by atoms with van der Waals surface area (Å²) in [5, 5.41) is 0. The normalized spacial score (nSPS) is 15.3. The van der Waals surface area contributed by atoms with Crippen LogP contribution in [0.4, 0.5) is 22.7 Å². The fraction of sp³-hybridized carbons (Fsp3) is 0.256. The minimum atomic E-state index is -0.383. The Morgan fingerprint density at radius 1 is 0.284 bits per heavy atom. The predicted octanol–water partition coefficient (Wildman–Crippen LogP) is 18.5. The van der Waals surface area contributed by atoms with Gasteiger partial charge in [-0.15, -0.1) is 0 Å². The van der Waals surface area contributed by atoms with Crippen LogP contribution in [-0.2, 0) is 60.0 Å². The van der Waals surface area contributed by atoms with Crippen LogP contribution in [0.3, 0.4) is 0 Å². The van der Waals surface area contributed by atoms with E-state index in [-0.39, 0.29) is 80.8 Å². The van der Waals surface area contributed by atoms with Crippen LogP contribution < -0.4 is 38.5 Å². The number of carbonyl (C=O) groups excluding carboxylic acids is 8. The zero-order valence-electron chi connectivity index (χ0n) is 60.0. The van der Waals surface area contributed by atoms with Gasteiger partial charge in [-0.25, -0.2) is 19.6 Å². The third-order valence-electron chi connectivity index (χ3n) is 19.3. The first-order valence-electron chi connectivity index (χ1n) is 34.3. The van der Waals surface area contributed by atoms with E-state index in [0.717, 1.165) is 99.9 Å². The fourth-order valence-electron chi connectivity index (χ4n) is 12.6. The van der Waals surface area contributed by atoms with Gasteiger partial charge in [0.25, 0.3) is 47.3 Å². The molecule has 8 amide bonds. The zero-order chi connectivity index (χ0) is 73.3. The molecule has 8 aromatic carbocycles. The molecule has 0 aliphatic carbocycles. The lowest BCUT2D eigenvalue weighted by Crippen LogP contribution is -2.29. The number of amides is 8. The van der Waals surface area contributed by atoms with Gasteiger partial charge in [-0.2, -0.15) is 0 Å². The van der Waals surface area contributed by atoms with Crippen molar-refractivity contribution in [3.05, 3.63) is 263 Å². The summed E-state index contributed by atoms with van der Waals surface area (Å²) in [6.45, 7) is 30.5. The number of rotatable bonds is 20. The molecule has 4 aliphatic heterocycles. The van der Waals surface area contributed by atoms with Gasteiger partial charge in [0.15, 0.2) is 0 Å². The largest absolute Gasteiger partial charge is 0.457 e. The van der Waals surface area contributed by atoms with Gasteiger partial charge >= 0.3 is 0 Å². The van der Waals surface area contributed by atoms with E-state index in [2.05, 4.69) is 145 Å². The summed E-state index contributed by atoms with van der Waals surface area (Å²) < 4.78 is 25.6. The average molecular weight is 1370 g/mol. The molecule has 0 bridgehead atoms. The lowest BCUT2D eigenvalue weighted by molar-refractivity contribution is -0.121. The molecule has 16 heteroatoms. The van der Waals surface area contributed by atoms with E-state index in [9.17, 15) is 38.4 Å². The Labute approximate surface area is 596 Å². The number of nitrogens with zero attached hydrogens (tertiary/aromatic N) is 4. The molecule has 2 unspecified atom stereocenters. The van der Waals surface area contributed by atoms with Gasteiger partial charge in [0, 0.05) is 70.6 Å². The lowest BCUT2D eigenvalue weighted by Gasteiger charge is -2.32. The Morgan fingerprint density at radius 2 is 0.490 bits per heavy atom. The molecule has 0 N–H and O–H groups in total. The maximum Gasteiger partial charge on any atom is 0.258 e. The van der Waals surface area contributed by atoms with E-state index in [1.54, 1.807) is 97.1 Å². The van der Waals surface area contributed by atoms with Gasteiger partial charge in [0.05, 0.1) is 22.7 Å². The summed E-state index contributed by atoms with van der Waals surface area (Å²) in [6, 6.07) is 53.2. The van der Waals surface area contributed by atoms with Crippen LogP contribution in [0.2, 0.25) is 0 Å². The summed E-state index contributed by atoms with van der Waals surface area (Å²) in [7, 11) is 0. The fourth-order valence-corrected chi connectivity index (χ4v) is 12.6. The van der Waals surface area contributed by atoms with Crippen LogP contribution in [0.25, 0.3) is 0 Å². The molecule has 0 saturated carbocycles. The summed E-state index contributed by atoms with van der Waals surface area (Å²) in [4.78, 5) is 101. The molecule has 0 saturated heterocycles. The molecule has 0 fully saturated rings. The van der Waals surface area contributed by atoms with E-state index in [1.807, 2.05) is 24.3 Å². The van der Waals surface area contributed by atoms with Crippen molar-refractivity contribution in [1.82, 2.24) is 0 Å². The Hall–Kier alpha value is -11.5. The van der Waals surface area contributed by atoms with Crippen molar-refractivity contribution < 1.29 is 57.3 Å². The first kappa shape index (κ1) is 71.8. The third-order valence-corrected chi connectivity index (χ3v) is 19.3. The molecule has 8 aromatic rings. The van der Waals surface area contributed by atoms with E-state index in [1.165, 1.54) is 48.6 Å². The summed E-state index contributed by atoms with van der Waals surface area (Å²) in [5.41, 5.74) is 9.59. The lowest BCUT2D eigenvalue weighted by atomic mass is 9.73. The Balaban J connectivity index is 0.000000205. The maximum atomic E-state index is 12.1. The second-order valence-electron chi connectivity index (χ2n) is 29.1. The number of anilines is 4. The highest BCUT2D eigenvalue weighted by molar-refractivity contribution is 6.30. The maximum absolute atomic E-state index is 12.1. The standard InChI is InChI=1S/2C43H42N2O6/c1-41(2,3)33-25-27(9-19-35(33)50-31-15-11-29(12-16-31)44-37(46)21-22-38(44)47)43(7,8)28-10-20-36(34(26-28)42(4,5)6)51-32-17-13-30(14-18-32)45-39(48)23-24-40(45)49;1-7-27(3)35-25-29(9-19-37(35)50-33-15-11-31(12-16-33)44-39(46)21-22-40(44)47)43(5,6)30-10-20-38(36(26-30)28(4)8-2)51-34-17-13-32(14-18-34)45-41(48)23-24-42(45)49/h9-26H,1-8H3;9-28H,7-8H2,1-6H3. The second-order valence-corrected chi connectivity index (χ2v) is 29.1. The number of benzene rings is 8. The Morgan fingerprint density at radius 3 is 0.706 bits per heavy atom. The van der Waals surface area contributed by atoms with Gasteiger partial charge in [-0.3, -0.25) is 38.4 Å². The molecule has 0 radical (unpaired) electrons. The van der Waals surface area contributed by atoms with Crippen LogP contribution in [0.15, 0.2) is 218 Å². The molecule has 12 rings (SSSR count). The predicted molar refractivity (Wildman–Crippen MR) is 397 cm³/mol. The minimum Gasteiger partial charge on any atom is -0.457 e. The van der Waals surface area contributed by atoms with Gasteiger partial charge in [0.1, 0.15) is 46.0 Å². The van der Waals surface area contributed by atoms with Crippen molar-refractivity contribution in [2.24, 2.45) is 0 Å². The third kappa shape index (κ3) is 15.0. The highest BCUT2D eigenvalue weighted by atomic mass is 16.5. The molecular formula is C86H84N4O12. The van der Waals surface area contributed by atoms with Gasteiger partial charge in [0.2, 0.25) is 0 Å². The molecule has 0 aromatic heterocycles. The van der Waals surface area contributed by atoms with Crippen LogP contribution in [0.5, 0.6) is 46.0 Å². The van der Waals surface area contributed by atoms with Gasteiger partial charge in [-0.1, -0.05) is 145 Å². The molecule has 4 heterocycles. The van der Waals surface area contributed by atoms with Crippen LogP contribution >= 0.6 is 0 Å². The topological polar surface area (TPSA) is 186 Å². The summed E-state index contributed by atoms with van der Waals surface area (Å²) in [5.74, 6) is 2.98. The highest BCUT2D eigenvalue weighted by Crippen LogP contribution is 2.46. The molecule has 16 nitrogen and oxygen atoms in total. The smallest absolute Gasteiger partial charge is 0.258 e. The molecule has 0 spiro atoms. The molecule has 4 aliphatic rings. The molecule has 2 atom stereocenters. The molecule has 102 heavy (non-hydrogen) atoms. The van der Waals surface area contributed by atoms with Crippen LogP contribution in [0, 0.1) is 0 Å². The monoisotopic (exact) mass is 1360 g/mol.